The molecule has 0 saturated heterocycles. The molecule has 8 nitrogen and oxygen atoms in total. The van der Waals surface area contributed by atoms with Gasteiger partial charge in [-0.2, -0.15) is 23.3 Å². The van der Waals surface area contributed by atoms with Gasteiger partial charge in [0.05, 0.1) is 13.0 Å². The molecule has 2 aromatic heterocycles. The van der Waals surface area contributed by atoms with Crippen molar-refractivity contribution in [3.05, 3.63) is 47.1 Å². The molecule has 1 atom stereocenters. The minimum Gasteiger partial charge on any atom is -0.497 e. The summed E-state index contributed by atoms with van der Waals surface area (Å²) in [7, 11) is 1.55. The van der Waals surface area contributed by atoms with Crippen LogP contribution in [0, 0.1) is 5.92 Å². The quantitative estimate of drug-likeness (QED) is 0.629. The molecule has 0 amide bonds. The molecule has 0 aliphatic heterocycles. The summed E-state index contributed by atoms with van der Waals surface area (Å²) in [5, 5.41) is 9.61. The first-order valence-electron chi connectivity index (χ1n) is 9.12. The van der Waals surface area contributed by atoms with Crippen LogP contribution < -0.4 is 4.74 Å². The number of hydrogen-bond acceptors (Lipinski definition) is 7. The van der Waals surface area contributed by atoms with Crippen LogP contribution in [0.1, 0.15) is 29.3 Å². The van der Waals surface area contributed by atoms with E-state index in [4.69, 9.17) is 14.0 Å². The van der Waals surface area contributed by atoms with Gasteiger partial charge in [0, 0.05) is 16.8 Å². The summed E-state index contributed by atoms with van der Waals surface area (Å²) in [6, 6.07) is 6.99. The molecule has 0 bridgehead atoms. The lowest BCUT2D eigenvalue weighted by atomic mass is 9.86. The number of aromatic nitrogens is 4. The van der Waals surface area contributed by atoms with Crippen LogP contribution in [0.4, 0.5) is 13.2 Å². The van der Waals surface area contributed by atoms with Crippen LogP contribution in [0.5, 0.6) is 5.75 Å². The van der Waals surface area contributed by atoms with Gasteiger partial charge in [0.25, 0.3) is 5.89 Å². The first kappa shape index (κ1) is 19.9. The van der Waals surface area contributed by atoms with Gasteiger partial charge in [-0.25, -0.2) is 0 Å². The van der Waals surface area contributed by atoms with Gasteiger partial charge in [0.2, 0.25) is 5.82 Å². The Bertz CT molecular complexity index is 1040. The fourth-order valence-electron chi connectivity index (χ4n) is 3.35. The molecule has 0 saturated carbocycles. The summed E-state index contributed by atoms with van der Waals surface area (Å²) in [5.74, 6) is -0.220. The second-order valence-electron chi connectivity index (χ2n) is 6.81. The molecule has 4 rings (SSSR count). The summed E-state index contributed by atoms with van der Waals surface area (Å²) in [6.07, 6.45) is -4.00. The zero-order valence-electron chi connectivity index (χ0n) is 15.8. The minimum absolute atomic E-state index is 0.0234. The second kappa shape index (κ2) is 7.81. The molecule has 1 aliphatic rings. The number of aryl methyl sites for hydroxylation is 1. The zero-order chi connectivity index (χ0) is 21.3. The first-order valence-corrected chi connectivity index (χ1v) is 9.12. The van der Waals surface area contributed by atoms with E-state index in [9.17, 15) is 18.0 Å². The number of methoxy groups -OCH3 is 1. The standard InChI is InChI=1S/C19H17F3N4O4/c1-28-12-5-2-10(3-6-12)17-23-15(30-26-17)9-29-18(27)11-4-7-14-13(8-11)16(25-24-14)19(20,21)22/h2-3,5-6,11H,4,7-9H2,1H3,(H,24,25). The molecule has 1 aromatic carbocycles. The van der Waals surface area contributed by atoms with Gasteiger partial charge in [-0.05, 0) is 43.5 Å². The number of carbonyl (C=O) groups is 1. The lowest BCUT2D eigenvalue weighted by Gasteiger charge is -2.21. The van der Waals surface area contributed by atoms with Crippen molar-refractivity contribution in [3.63, 3.8) is 0 Å². The largest absolute Gasteiger partial charge is 0.497 e. The highest BCUT2D eigenvalue weighted by Crippen LogP contribution is 2.36. The number of halogens is 3. The van der Waals surface area contributed by atoms with Gasteiger partial charge < -0.3 is 14.0 Å². The third-order valence-corrected chi connectivity index (χ3v) is 4.90. The monoisotopic (exact) mass is 422 g/mol. The van der Waals surface area contributed by atoms with Crippen LogP contribution in [-0.4, -0.2) is 33.4 Å². The number of fused-ring (bicyclic) bond motifs is 1. The molecule has 1 N–H and O–H groups in total. The number of alkyl halides is 3. The number of benzene rings is 1. The topological polar surface area (TPSA) is 103 Å². The Morgan fingerprint density at radius 3 is 2.77 bits per heavy atom. The van der Waals surface area contributed by atoms with Crippen molar-refractivity contribution < 1.29 is 32.0 Å². The highest BCUT2D eigenvalue weighted by molar-refractivity contribution is 5.73. The maximum atomic E-state index is 13.1. The summed E-state index contributed by atoms with van der Waals surface area (Å²) in [4.78, 5) is 16.5. The van der Waals surface area contributed by atoms with E-state index < -0.39 is 23.8 Å². The number of esters is 1. The van der Waals surface area contributed by atoms with Crippen LogP contribution in [0.25, 0.3) is 11.4 Å². The van der Waals surface area contributed by atoms with E-state index in [2.05, 4.69) is 20.3 Å². The number of rotatable bonds is 5. The predicted molar refractivity (Wildman–Crippen MR) is 95.2 cm³/mol. The van der Waals surface area contributed by atoms with E-state index in [-0.39, 0.29) is 24.5 Å². The third kappa shape index (κ3) is 4.00. The lowest BCUT2D eigenvalue weighted by molar-refractivity contribution is -0.152. The number of hydrogen-bond donors (Lipinski definition) is 1. The summed E-state index contributed by atoms with van der Waals surface area (Å²) < 4.78 is 54.6. The van der Waals surface area contributed by atoms with Gasteiger partial charge in [-0.15, -0.1) is 0 Å². The highest BCUT2D eigenvalue weighted by atomic mass is 19.4. The number of ether oxygens (including phenoxy) is 2. The molecule has 1 unspecified atom stereocenters. The number of nitrogens with zero attached hydrogens (tertiary/aromatic N) is 3. The third-order valence-electron chi connectivity index (χ3n) is 4.90. The van der Waals surface area contributed by atoms with E-state index in [0.29, 0.717) is 35.7 Å². The second-order valence-corrected chi connectivity index (χ2v) is 6.81. The smallest absolute Gasteiger partial charge is 0.435 e. The molecule has 3 aromatic rings. The van der Waals surface area contributed by atoms with Crippen molar-refractivity contribution in [2.45, 2.75) is 32.0 Å². The molecule has 0 spiro atoms. The Morgan fingerprint density at radius 1 is 1.30 bits per heavy atom. The number of aromatic amines is 1. The Labute approximate surface area is 168 Å². The number of H-pyrrole nitrogens is 1. The molecule has 0 fully saturated rings. The molecule has 0 radical (unpaired) electrons. The van der Waals surface area contributed by atoms with Gasteiger partial charge in [-0.3, -0.25) is 9.89 Å². The van der Waals surface area contributed by atoms with Crippen LogP contribution in [-0.2, 0) is 35.2 Å². The van der Waals surface area contributed by atoms with Crippen LogP contribution in [0.3, 0.4) is 0 Å². The van der Waals surface area contributed by atoms with Crippen molar-refractivity contribution in [3.8, 4) is 17.1 Å². The van der Waals surface area contributed by atoms with E-state index in [0.717, 1.165) is 0 Å². The van der Waals surface area contributed by atoms with Crippen molar-refractivity contribution in [2.24, 2.45) is 5.92 Å². The van der Waals surface area contributed by atoms with Crippen LogP contribution in [0.2, 0.25) is 0 Å². The average Bonchev–Trinajstić information content (AvgIpc) is 3.38. The van der Waals surface area contributed by atoms with Crippen molar-refractivity contribution in [2.75, 3.05) is 7.11 Å². The summed E-state index contributed by atoms with van der Waals surface area (Å²) >= 11 is 0. The Hall–Kier alpha value is -3.37. The maximum Gasteiger partial charge on any atom is 0.435 e. The lowest BCUT2D eigenvalue weighted by Crippen LogP contribution is -2.25. The van der Waals surface area contributed by atoms with E-state index in [1.807, 2.05) is 0 Å². The molecule has 1 aliphatic carbocycles. The highest BCUT2D eigenvalue weighted by Gasteiger charge is 2.40. The van der Waals surface area contributed by atoms with Gasteiger partial charge in [0.15, 0.2) is 12.3 Å². The molecular weight excluding hydrogens is 405 g/mol. The maximum absolute atomic E-state index is 13.1. The Kier molecular flexibility index (Phi) is 5.18. The van der Waals surface area contributed by atoms with Crippen molar-refractivity contribution in [1.29, 1.82) is 0 Å². The number of carbonyl (C=O) groups excluding carboxylic acids is 1. The molecule has 2 heterocycles. The van der Waals surface area contributed by atoms with Gasteiger partial charge >= 0.3 is 12.1 Å². The van der Waals surface area contributed by atoms with Crippen LogP contribution in [0.15, 0.2) is 28.8 Å². The molecule has 158 valence electrons. The van der Waals surface area contributed by atoms with Crippen molar-refractivity contribution in [1.82, 2.24) is 20.3 Å². The Balaban J connectivity index is 1.37. The number of nitrogens with one attached hydrogen (secondary N) is 1. The fraction of sp³-hybridized carbons (Fsp3) is 0.368. The molecule has 11 heteroatoms. The van der Waals surface area contributed by atoms with Crippen LogP contribution >= 0.6 is 0 Å². The minimum atomic E-state index is -4.57. The normalized spacial score (nSPS) is 16.2. The summed E-state index contributed by atoms with van der Waals surface area (Å²) in [5.41, 5.74) is 0.148. The first-order chi connectivity index (χ1) is 14.3. The SMILES string of the molecule is COc1ccc(-c2noc(COC(=O)C3CCc4[nH]nc(C(F)(F)F)c4C3)n2)cc1. The molecular formula is C19H17F3N4O4. The predicted octanol–water partition coefficient (Wildman–Crippen LogP) is 3.34. The average molecular weight is 422 g/mol. The van der Waals surface area contributed by atoms with Gasteiger partial charge in [0.1, 0.15) is 5.75 Å². The zero-order valence-corrected chi connectivity index (χ0v) is 15.8. The van der Waals surface area contributed by atoms with Gasteiger partial charge in [-0.1, -0.05) is 5.16 Å². The Morgan fingerprint density at radius 2 is 2.07 bits per heavy atom. The summed E-state index contributed by atoms with van der Waals surface area (Å²) in [6.45, 7) is -0.261. The van der Waals surface area contributed by atoms with E-state index in [1.165, 1.54) is 0 Å². The van der Waals surface area contributed by atoms with E-state index in [1.54, 1.807) is 31.4 Å². The van der Waals surface area contributed by atoms with Crippen molar-refractivity contribution >= 4 is 5.97 Å². The van der Waals surface area contributed by atoms with E-state index >= 15 is 0 Å². The molecule has 30 heavy (non-hydrogen) atoms. The fourth-order valence-corrected chi connectivity index (χ4v) is 3.35.